The van der Waals surface area contributed by atoms with Crippen LogP contribution in [0, 0.1) is 12.3 Å². The molecule has 94 valence electrons. The van der Waals surface area contributed by atoms with Crippen LogP contribution in [0.15, 0.2) is 18.2 Å². The van der Waals surface area contributed by atoms with E-state index in [0.29, 0.717) is 6.54 Å². The minimum atomic E-state index is 0.0471. The number of ether oxygens (including phenoxy) is 1. The number of hydrogen-bond acceptors (Lipinski definition) is 3. The van der Waals surface area contributed by atoms with Crippen molar-refractivity contribution in [2.45, 2.75) is 32.2 Å². The summed E-state index contributed by atoms with van der Waals surface area (Å²) in [5.74, 6) is 0.913. The van der Waals surface area contributed by atoms with E-state index < -0.39 is 0 Å². The van der Waals surface area contributed by atoms with E-state index in [1.807, 2.05) is 13.0 Å². The van der Waals surface area contributed by atoms with Crippen LogP contribution in [0.3, 0.4) is 0 Å². The van der Waals surface area contributed by atoms with E-state index in [2.05, 4.69) is 12.1 Å². The van der Waals surface area contributed by atoms with Crippen molar-refractivity contribution in [1.82, 2.24) is 0 Å². The molecule has 0 heterocycles. The molecule has 17 heavy (non-hydrogen) atoms. The fourth-order valence-corrected chi connectivity index (χ4v) is 2.72. The van der Waals surface area contributed by atoms with Crippen molar-refractivity contribution in [2.75, 3.05) is 13.7 Å². The highest BCUT2D eigenvalue weighted by Gasteiger charge is 2.41. The Kier molecular flexibility index (Phi) is 3.40. The predicted octanol–water partition coefficient (Wildman–Crippen LogP) is 2.13. The number of aryl methyl sites for hydroxylation is 1. The van der Waals surface area contributed by atoms with Gasteiger partial charge in [0.25, 0.3) is 0 Å². The molecule has 1 aliphatic rings. The molecule has 2 rings (SSSR count). The van der Waals surface area contributed by atoms with Gasteiger partial charge in [0.05, 0.1) is 7.11 Å². The van der Waals surface area contributed by atoms with Crippen molar-refractivity contribution in [3.63, 3.8) is 0 Å². The smallest absolute Gasteiger partial charge is 0.121 e. The van der Waals surface area contributed by atoms with Gasteiger partial charge in [0.15, 0.2) is 0 Å². The van der Waals surface area contributed by atoms with Gasteiger partial charge in [-0.25, -0.2) is 0 Å². The number of nitrogens with two attached hydrogens (primary N) is 2. The lowest BCUT2D eigenvalue weighted by Crippen LogP contribution is -2.46. The van der Waals surface area contributed by atoms with Crippen molar-refractivity contribution >= 4 is 0 Å². The number of benzene rings is 1. The number of hydrogen-bond donors (Lipinski definition) is 2. The zero-order valence-corrected chi connectivity index (χ0v) is 10.7. The van der Waals surface area contributed by atoms with Gasteiger partial charge in [-0.2, -0.15) is 0 Å². The highest BCUT2D eigenvalue weighted by molar-refractivity contribution is 5.38. The molecule has 0 amide bonds. The Hall–Kier alpha value is -1.06. The number of rotatable bonds is 4. The minimum absolute atomic E-state index is 0.0471. The summed E-state index contributed by atoms with van der Waals surface area (Å²) in [6.45, 7) is 2.73. The molecular formula is C14H22N2O. The van der Waals surface area contributed by atoms with Gasteiger partial charge >= 0.3 is 0 Å². The molecule has 1 fully saturated rings. The lowest BCUT2D eigenvalue weighted by molar-refractivity contribution is 0.104. The van der Waals surface area contributed by atoms with Gasteiger partial charge < -0.3 is 16.2 Å². The molecule has 3 heteroatoms. The van der Waals surface area contributed by atoms with Gasteiger partial charge in [0.2, 0.25) is 0 Å². The standard InChI is InChI=1S/C14H22N2O/c1-10-8-11(4-5-12(10)17-2)13(16)14(9-15)6-3-7-14/h4-5,8,13H,3,6-7,9,15-16H2,1-2H3. The van der Waals surface area contributed by atoms with E-state index in [9.17, 15) is 0 Å². The maximum atomic E-state index is 6.39. The number of methoxy groups -OCH3 is 1. The molecule has 0 aromatic heterocycles. The van der Waals surface area contributed by atoms with Crippen LogP contribution in [0.2, 0.25) is 0 Å². The summed E-state index contributed by atoms with van der Waals surface area (Å²) in [5.41, 5.74) is 14.7. The average molecular weight is 234 g/mol. The molecule has 0 spiro atoms. The molecule has 1 aliphatic carbocycles. The Balaban J connectivity index is 2.25. The summed E-state index contributed by atoms with van der Waals surface area (Å²) in [4.78, 5) is 0. The lowest BCUT2D eigenvalue weighted by Gasteiger charge is -2.45. The summed E-state index contributed by atoms with van der Waals surface area (Å²) >= 11 is 0. The Labute approximate surface area is 103 Å². The Bertz CT molecular complexity index is 394. The van der Waals surface area contributed by atoms with Crippen LogP contribution in [-0.4, -0.2) is 13.7 Å². The Morgan fingerprint density at radius 3 is 2.53 bits per heavy atom. The highest BCUT2D eigenvalue weighted by atomic mass is 16.5. The average Bonchev–Trinajstić information content (AvgIpc) is 2.28. The predicted molar refractivity (Wildman–Crippen MR) is 70.0 cm³/mol. The summed E-state index contributed by atoms with van der Waals surface area (Å²) < 4.78 is 5.27. The normalized spacial score (nSPS) is 19.5. The first kappa shape index (κ1) is 12.4. The second kappa shape index (κ2) is 4.67. The molecule has 0 aliphatic heterocycles. The minimum Gasteiger partial charge on any atom is -0.496 e. The van der Waals surface area contributed by atoms with Gasteiger partial charge in [0, 0.05) is 11.5 Å². The lowest BCUT2D eigenvalue weighted by atomic mass is 9.62. The quantitative estimate of drug-likeness (QED) is 0.839. The van der Waals surface area contributed by atoms with Crippen LogP contribution in [0.4, 0.5) is 0 Å². The zero-order chi connectivity index (χ0) is 12.5. The largest absolute Gasteiger partial charge is 0.496 e. The van der Waals surface area contributed by atoms with Gasteiger partial charge in [0.1, 0.15) is 5.75 Å². The molecule has 4 N–H and O–H groups in total. The third kappa shape index (κ3) is 2.05. The second-order valence-corrected chi connectivity index (χ2v) is 5.13. The van der Waals surface area contributed by atoms with E-state index >= 15 is 0 Å². The summed E-state index contributed by atoms with van der Waals surface area (Å²) in [5, 5.41) is 0. The van der Waals surface area contributed by atoms with E-state index in [4.69, 9.17) is 16.2 Å². The maximum Gasteiger partial charge on any atom is 0.121 e. The first-order chi connectivity index (χ1) is 8.13. The first-order valence-corrected chi connectivity index (χ1v) is 6.23. The third-order valence-corrected chi connectivity index (χ3v) is 4.19. The van der Waals surface area contributed by atoms with E-state index in [1.54, 1.807) is 7.11 Å². The molecule has 1 atom stereocenters. The van der Waals surface area contributed by atoms with Crippen LogP contribution < -0.4 is 16.2 Å². The molecule has 0 radical (unpaired) electrons. The summed E-state index contributed by atoms with van der Waals surface area (Å²) in [6, 6.07) is 6.23. The molecule has 1 unspecified atom stereocenters. The summed E-state index contributed by atoms with van der Waals surface area (Å²) in [7, 11) is 1.69. The topological polar surface area (TPSA) is 61.3 Å². The second-order valence-electron chi connectivity index (χ2n) is 5.13. The highest BCUT2D eigenvalue weighted by Crippen LogP contribution is 2.48. The van der Waals surface area contributed by atoms with Crippen molar-refractivity contribution in [3.05, 3.63) is 29.3 Å². The van der Waals surface area contributed by atoms with Crippen LogP contribution in [0.5, 0.6) is 5.75 Å². The van der Waals surface area contributed by atoms with Crippen molar-refractivity contribution in [2.24, 2.45) is 16.9 Å². The Morgan fingerprint density at radius 2 is 2.12 bits per heavy atom. The molecule has 0 bridgehead atoms. The van der Waals surface area contributed by atoms with Crippen molar-refractivity contribution < 1.29 is 4.74 Å². The maximum absolute atomic E-state index is 6.39. The molecule has 3 nitrogen and oxygen atoms in total. The van der Waals surface area contributed by atoms with Gasteiger partial charge in [-0.3, -0.25) is 0 Å². The Morgan fingerprint density at radius 1 is 1.41 bits per heavy atom. The van der Waals surface area contributed by atoms with E-state index in [0.717, 1.165) is 24.2 Å². The molecule has 1 saturated carbocycles. The fraction of sp³-hybridized carbons (Fsp3) is 0.571. The summed E-state index contributed by atoms with van der Waals surface area (Å²) in [6.07, 6.45) is 3.55. The van der Waals surface area contributed by atoms with Gasteiger partial charge in [-0.05, 0) is 43.5 Å². The van der Waals surface area contributed by atoms with Gasteiger partial charge in [-0.15, -0.1) is 0 Å². The molecular weight excluding hydrogens is 212 g/mol. The SMILES string of the molecule is COc1ccc(C(N)C2(CN)CCC2)cc1C. The fourth-order valence-electron chi connectivity index (χ4n) is 2.72. The van der Waals surface area contributed by atoms with Crippen LogP contribution >= 0.6 is 0 Å². The zero-order valence-electron chi connectivity index (χ0n) is 10.7. The first-order valence-electron chi connectivity index (χ1n) is 6.23. The van der Waals surface area contributed by atoms with Crippen LogP contribution in [-0.2, 0) is 0 Å². The van der Waals surface area contributed by atoms with Crippen LogP contribution in [0.25, 0.3) is 0 Å². The van der Waals surface area contributed by atoms with E-state index in [1.165, 1.54) is 12.0 Å². The molecule has 1 aromatic carbocycles. The van der Waals surface area contributed by atoms with Crippen LogP contribution in [0.1, 0.15) is 36.4 Å². The van der Waals surface area contributed by atoms with E-state index in [-0.39, 0.29) is 11.5 Å². The van der Waals surface area contributed by atoms with Crippen molar-refractivity contribution in [3.8, 4) is 5.75 Å². The third-order valence-electron chi connectivity index (χ3n) is 4.19. The molecule has 0 saturated heterocycles. The monoisotopic (exact) mass is 234 g/mol. The van der Waals surface area contributed by atoms with Crippen molar-refractivity contribution in [1.29, 1.82) is 0 Å². The molecule has 1 aromatic rings. The van der Waals surface area contributed by atoms with Gasteiger partial charge in [-0.1, -0.05) is 18.6 Å².